The Labute approximate surface area is 112 Å². The highest BCUT2D eigenvalue weighted by molar-refractivity contribution is 5.59. The Morgan fingerprint density at radius 1 is 1.15 bits per heavy atom. The molecule has 1 N–H and O–H groups in total. The summed E-state index contributed by atoms with van der Waals surface area (Å²) < 4.78 is 37.5. The molecule has 1 aliphatic rings. The summed E-state index contributed by atoms with van der Waals surface area (Å²) in [6, 6.07) is 5.96. The first-order valence-electron chi connectivity index (χ1n) is 6.22. The summed E-state index contributed by atoms with van der Waals surface area (Å²) in [5, 5.41) is 0. The Bertz CT molecular complexity index is 685. The van der Waals surface area contributed by atoms with Crippen LogP contribution in [-0.4, -0.2) is 9.97 Å². The standard InChI is InChI=1S/C14H11F3N2O/c15-14(16,17)10-5-3-8(4-6-10)11-7-12(20)19-13(18-11)9-1-2-9/h3-7,9H,1-2H2,(H,18,19,20). The minimum Gasteiger partial charge on any atom is -0.310 e. The lowest BCUT2D eigenvalue weighted by molar-refractivity contribution is -0.137. The normalized spacial score (nSPS) is 15.3. The zero-order valence-corrected chi connectivity index (χ0v) is 10.4. The van der Waals surface area contributed by atoms with Crippen LogP contribution in [0.3, 0.4) is 0 Å². The predicted molar refractivity (Wildman–Crippen MR) is 67.3 cm³/mol. The van der Waals surface area contributed by atoms with Crippen LogP contribution in [0.1, 0.15) is 30.1 Å². The van der Waals surface area contributed by atoms with E-state index in [9.17, 15) is 18.0 Å². The van der Waals surface area contributed by atoms with Crippen LogP contribution < -0.4 is 5.56 Å². The first-order valence-corrected chi connectivity index (χ1v) is 6.22. The number of rotatable bonds is 2. The third kappa shape index (κ3) is 2.59. The van der Waals surface area contributed by atoms with Crippen LogP contribution in [-0.2, 0) is 6.18 Å². The van der Waals surface area contributed by atoms with Crippen molar-refractivity contribution in [2.24, 2.45) is 0 Å². The van der Waals surface area contributed by atoms with Gasteiger partial charge in [0.25, 0.3) is 5.56 Å². The highest BCUT2D eigenvalue weighted by Crippen LogP contribution is 2.38. The Morgan fingerprint density at radius 3 is 2.35 bits per heavy atom. The molecule has 6 heteroatoms. The van der Waals surface area contributed by atoms with Crippen LogP contribution >= 0.6 is 0 Å². The van der Waals surface area contributed by atoms with Gasteiger partial charge >= 0.3 is 6.18 Å². The lowest BCUT2D eigenvalue weighted by Gasteiger charge is -2.08. The number of aromatic nitrogens is 2. The summed E-state index contributed by atoms with van der Waals surface area (Å²) in [4.78, 5) is 18.6. The fourth-order valence-corrected chi connectivity index (χ4v) is 2.00. The van der Waals surface area contributed by atoms with E-state index in [1.807, 2.05) is 0 Å². The van der Waals surface area contributed by atoms with Crippen LogP contribution in [0.25, 0.3) is 11.3 Å². The number of alkyl halides is 3. The van der Waals surface area contributed by atoms with E-state index in [4.69, 9.17) is 0 Å². The van der Waals surface area contributed by atoms with E-state index < -0.39 is 11.7 Å². The van der Waals surface area contributed by atoms with Crippen LogP contribution in [0.15, 0.2) is 35.1 Å². The van der Waals surface area contributed by atoms with Gasteiger partial charge in [-0.3, -0.25) is 4.79 Å². The van der Waals surface area contributed by atoms with Gasteiger partial charge in [-0.25, -0.2) is 4.98 Å². The van der Waals surface area contributed by atoms with E-state index in [0.29, 0.717) is 17.1 Å². The van der Waals surface area contributed by atoms with Crippen molar-refractivity contribution in [3.63, 3.8) is 0 Å². The van der Waals surface area contributed by atoms with Gasteiger partial charge in [-0.1, -0.05) is 12.1 Å². The molecule has 0 aliphatic heterocycles. The van der Waals surface area contributed by atoms with Crippen molar-refractivity contribution in [2.45, 2.75) is 24.9 Å². The largest absolute Gasteiger partial charge is 0.416 e. The second-order valence-electron chi connectivity index (χ2n) is 4.87. The molecule has 0 atom stereocenters. The van der Waals surface area contributed by atoms with Gasteiger partial charge in [0.1, 0.15) is 5.82 Å². The molecule has 0 amide bonds. The molecule has 1 aromatic heterocycles. The summed E-state index contributed by atoms with van der Waals surface area (Å²) >= 11 is 0. The van der Waals surface area contributed by atoms with Gasteiger partial charge in [0.05, 0.1) is 11.3 Å². The molecular formula is C14H11F3N2O. The number of aromatic amines is 1. The number of benzene rings is 1. The molecule has 3 nitrogen and oxygen atoms in total. The van der Waals surface area contributed by atoms with E-state index in [1.54, 1.807) is 0 Å². The molecule has 20 heavy (non-hydrogen) atoms. The topological polar surface area (TPSA) is 45.8 Å². The number of hydrogen-bond acceptors (Lipinski definition) is 2. The third-order valence-electron chi connectivity index (χ3n) is 3.23. The second-order valence-corrected chi connectivity index (χ2v) is 4.87. The third-order valence-corrected chi connectivity index (χ3v) is 3.23. The minimum absolute atomic E-state index is 0.275. The molecule has 0 radical (unpaired) electrons. The monoisotopic (exact) mass is 280 g/mol. The van der Waals surface area contributed by atoms with Crippen LogP contribution in [0.5, 0.6) is 0 Å². The minimum atomic E-state index is -4.36. The molecule has 1 aromatic carbocycles. The van der Waals surface area contributed by atoms with Gasteiger partial charge in [0.2, 0.25) is 0 Å². The maximum absolute atomic E-state index is 12.5. The molecule has 0 saturated heterocycles. The van der Waals surface area contributed by atoms with Crippen molar-refractivity contribution in [2.75, 3.05) is 0 Å². The smallest absolute Gasteiger partial charge is 0.310 e. The van der Waals surface area contributed by atoms with Gasteiger partial charge in [-0.15, -0.1) is 0 Å². The van der Waals surface area contributed by atoms with Crippen molar-refractivity contribution in [3.8, 4) is 11.3 Å². The highest BCUT2D eigenvalue weighted by Gasteiger charge is 2.30. The summed E-state index contributed by atoms with van der Waals surface area (Å²) in [5.74, 6) is 0.893. The molecule has 1 heterocycles. The molecule has 0 spiro atoms. The average Bonchev–Trinajstić information content (AvgIpc) is 3.21. The highest BCUT2D eigenvalue weighted by atomic mass is 19.4. The first kappa shape index (κ1) is 12.9. The lowest BCUT2D eigenvalue weighted by atomic mass is 10.1. The maximum Gasteiger partial charge on any atom is 0.416 e. The number of nitrogens with zero attached hydrogens (tertiary/aromatic N) is 1. The van der Waals surface area contributed by atoms with Crippen molar-refractivity contribution in [1.29, 1.82) is 0 Å². The Hall–Kier alpha value is -2.11. The lowest BCUT2D eigenvalue weighted by Crippen LogP contribution is -2.10. The maximum atomic E-state index is 12.5. The summed E-state index contributed by atoms with van der Waals surface area (Å²) in [7, 11) is 0. The fraction of sp³-hybridized carbons (Fsp3) is 0.286. The van der Waals surface area contributed by atoms with Gasteiger partial charge in [-0.05, 0) is 25.0 Å². The zero-order chi connectivity index (χ0) is 14.3. The SMILES string of the molecule is O=c1cc(-c2ccc(C(F)(F)F)cc2)nc(C2CC2)[nH]1. The number of nitrogens with one attached hydrogen (secondary N) is 1. The summed E-state index contributed by atoms with van der Waals surface area (Å²) in [6.07, 6.45) is -2.39. The molecule has 2 aromatic rings. The molecule has 1 saturated carbocycles. The van der Waals surface area contributed by atoms with Gasteiger partial charge in [0, 0.05) is 17.5 Å². The predicted octanol–water partition coefficient (Wildman–Crippen LogP) is 3.33. The van der Waals surface area contributed by atoms with Crippen molar-refractivity contribution in [3.05, 3.63) is 52.1 Å². The number of halogens is 3. The quantitative estimate of drug-likeness (QED) is 0.917. The van der Waals surface area contributed by atoms with Crippen molar-refractivity contribution < 1.29 is 13.2 Å². The molecule has 0 unspecified atom stereocenters. The fourth-order valence-electron chi connectivity index (χ4n) is 2.00. The van der Waals surface area contributed by atoms with E-state index in [1.165, 1.54) is 18.2 Å². The second kappa shape index (κ2) is 4.47. The molecule has 1 fully saturated rings. The van der Waals surface area contributed by atoms with Crippen LogP contribution in [0, 0.1) is 0 Å². The summed E-state index contributed by atoms with van der Waals surface area (Å²) in [5.41, 5.74) is -0.0827. The van der Waals surface area contributed by atoms with Gasteiger partial charge in [-0.2, -0.15) is 13.2 Å². The average molecular weight is 280 g/mol. The number of hydrogen-bond donors (Lipinski definition) is 1. The molecule has 3 rings (SSSR count). The van der Waals surface area contributed by atoms with Crippen LogP contribution in [0.4, 0.5) is 13.2 Å². The Morgan fingerprint density at radius 2 is 1.80 bits per heavy atom. The van der Waals surface area contributed by atoms with E-state index >= 15 is 0 Å². The summed E-state index contributed by atoms with van der Waals surface area (Å²) in [6.45, 7) is 0. The Kier molecular flexibility index (Phi) is 2.88. The van der Waals surface area contributed by atoms with Gasteiger partial charge in [0.15, 0.2) is 0 Å². The van der Waals surface area contributed by atoms with E-state index in [0.717, 1.165) is 25.0 Å². The van der Waals surface area contributed by atoms with E-state index in [2.05, 4.69) is 9.97 Å². The van der Waals surface area contributed by atoms with E-state index in [-0.39, 0.29) is 11.5 Å². The van der Waals surface area contributed by atoms with Gasteiger partial charge < -0.3 is 4.98 Å². The molecule has 1 aliphatic carbocycles. The van der Waals surface area contributed by atoms with Crippen molar-refractivity contribution in [1.82, 2.24) is 9.97 Å². The molecular weight excluding hydrogens is 269 g/mol. The molecule has 0 bridgehead atoms. The van der Waals surface area contributed by atoms with Crippen molar-refractivity contribution >= 4 is 0 Å². The zero-order valence-electron chi connectivity index (χ0n) is 10.4. The number of H-pyrrole nitrogens is 1. The first-order chi connectivity index (χ1) is 9.43. The Balaban J connectivity index is 1.98. The molecule has 104 valence electrons. The van der Waals surface area contributed by atoms with Crippen LogP contribution in [0.2, 0.25) is 0 Å².